The second kappa shape index (κ2) is 7.45. The Morgan fingerprint density at radius 3 is 2.83 bits per heavy atom. The summed E-state index contributed by atoms with van der Waals surface area (Å²) in [5, 5.41) is 0. The average Bonchev–Trinajstić information content (AvgIpc) is 2.96. The van der Waals surface area contributed by atoms with Crippen LogP contribution >= 0.6 is 0 Å². The largest absolute Gasteiger partial charge is 0.489 e. The Hall–Kier alpha value is -2.40. The summed E-state index contributed by atoms with van der Waals surface area (Å²) in [6, 6.07) is 11.9. The number of carbonyl (C=O) groups is 1. The van der Waals surface area contributed by atoms with Crippen molar-refractivity contribution in [2.45, 2.75) is 20.1 Å². The summed E-state index contributed by atoms with van der Waals surface area (Å²) in [5.41, 5.74) is 7.65. The summed E-state index contributed by atoms with van der Waals surface area (Å²) < 4.78 is 5.98. The number of para-hydroxylation sites is 1. The molecule has 3 rings (SSSR count). The van der Waals surface area contributed by atoms with Crippen LogP contribution in [0.15, 0.2) is 48.8 Å². The smallest absolute Gasteiger partial charge is 0.222 e. The van der Waals surface area contributed by atoms with Gasteiger partial charge in [-0.05, 0) is 18.1 Å². The van der Waals surface area contributed by atoms with Crippen molar-refractivity contribution in [3.63, 3.8) is 0 Å². The number of amides is 1. The van der Waals surface area contributed by atoms with Gasteiger partial charge in [0.15, 0.2) is 0 Å². The number of hydrogen-bond donors (Lipinski definition) is 1. The lowest BCUT2D eigenvalue weighted by Gasteiger charge is -2.18. The minimum absolute atomic E-state index is 0.0616. The molecule has 1 aromatic carbocycles. The van der Waals surface area contributed by atoms with Crippen molar-refractivity contribution in [3.05, 3.63) is 59.9 Å². The minimum atomic E-state index is -0.203. The number of rotatable bonds is 6. The summed E-state index contributed by atoms with van der Waals surface area (Å²) in [4.78, 5) is 17.9. The van der Waals surface area contributed by atoms with Gasteiger partial charge in [-0.1, -0.05) is 31.2 Å². The van der Waals surface area contributed by atoms with Crippen LogP contribution in [0, 0.1) is 11.8 Å². The van der Waals surface area contributed by atoms with E-state index in [4.69, 9.17) is 10.5 Å². The highest BCUT2D eigenvalue weighted by molar-refractivity contribution is 5.77. The van der Waals surface area contributed by atoms with E-state index in [0.29, 0.717) is 19.1 Å². The normalized spacial score (nSPS) is 20.9. The molecule has 2 aromatic rings. The van der Waals surface area contributed by atoms with Crippen molar-refractivity contribution in [1.82, 2.24) is 9.88 Å². The highest BCUT2D eigenvalue weighted by Gasteiger charge is 2.33. The van der Waals surface area contributed by atoms with Gasteiger partial charge in [-0.15, -0.1) is 0 Å². The summed E-state index contributed by atoms with van der Waals surface area (Å²) in [5.74, 6) is 0.905. The number of aromatic nitrogens is 1. The fourth-order valence-electron chi connectivity index (χ4n) is 3.23. The lowest BCUT2D eigenvalue weighted by molar-refractivity contribution is -0.122. The van der Waals surface area contributed by atoms with Crippen LogP contribution < -0.4 is 10.5 Å². The lowest BCUT2D eigenvalue weighted by atomic mass is 9.98. The molecule has 0 saturated carbocycles. The Balaban J connectivity index is 1.65. The first-order valence-electron chi connectivity index (χ1n) is 8.25. The molecule has 1 aliphatic rings. The maximum absolute atomic E-state index is 11.5. The van der Waals surface area contributed by atoms with Crippen molar-refractivity contribution in [1.29, 1.82) is 0 Å². The quantitative estimate of drug-likeness (QED) is 0.884. The van der Waals surface area contributed by atoms with E-state index in [0.717, 1.165) is 30.0 Å². The fourth-order valence-corrected chi connectivity index (χ4v) is 3.23. The van der Waals surface area contributed by atoms with Crippen LogP contribution in [0.3, 0.4) is 0 Å². The summed E-state index contributed by atoms with van der Waals surface area (Å²) >= 11 is 0. The first kappa shape index (κ1) is 16.5. The number of nitrogens with two attached hydrogens (primary N) is 1. The maximum atomic E-state index is 11.5. The first-order valence-corrected chi connectivity index (χ1v) is 8.25. The van der Waals surface area contributed by atoms with Crippen LogP contribution in [0.2, 0.25) is 0 Å². The van der Waals surface area contributed by atoms with Crippen molar-refractivity contribution < 1.29 is 9.53 Å². The maximum Gasteiger partial charge on any atom is 0.222 e. The number of benzene rings is 1. The number of nitrogens with zero attached hydrogens (tertiary/aromatic N) is 2. The predicted molar refractivity (Wildman–Crippen MR) is 92.1 cm³/mol. The molecule has 1 saturated heterocycles. The topological polar surface area (TPSA) is 68.4 Å². The number of ether oxygens (including phenoxy) is 1. The minimum Gasteiger partial charge on any atom is -0.489 e. The molecule has 1 fully saturated rings. The number of carbonyl (C=O) groups excluding carboxylic acids is 1. The summed E-state index contributed by atoms with van der Waals surface area (Å²) in [7, 11) is 0. The zero-order chi connectivity index (χ0) is 16.9. The molecule has 1 amide bonds. The molecule has 2 N–H and O–H groups in total. The molecule has 24 heavy (non-hydrogen) atoms. The molecule has 0 spiro atoms. The van der Waals surface area contributed by atoms with Gasteiger partial charge in [0.2, 0.25) is 5.91 Å². The molecule has 1 aromatic heterocycles. The highest BCUT2D eigenvalue weighted by atomic mass is 16.5. The Morgan fingerprint density at radius 2 is 2.12 bits per heavy atom. The molecule has 0 bridgehead atoms. The standard InChI is InChI=1S/C19H23N3O2/c1-14-10-22(12-17(14)19(20)23)11-16-6-2-3-7-18(16)24-13-15-5-4-8-21-9-15/h2-9,14,17H,10-13H2,1H3,(H2,20,23)/t14-,17-/m1/s1. The zero-order valence-corrected chi connectivity index (χ0v) is 13.9. The van der Waals surface area contributed by atoms with Crippen LogP contribution in [0.5, 0.6) is 5.75 Å². The summed E-state index contributed by atoms with van der Waals surface area (Å²) in [6.45, 7) is 4.93. The zero-order valence-electron chi connectivity index (χ0n) is 13.9. The third-order valence-electron chi connectivity index (χ3n) is 4.54. The SMILES string of the molecule is C[C@@H]1CN(Cc2ccccc2OCc2cccnc2)C[C@H]1C(N)=O. The highest BCUT2D eigenvalue weighted by Crippen LogP contribution is 2.27. The van der Waals surface area contributed by atoms with Crippen molar-refractivity contribution >= 4 is 5.91 Å². The molecule has 1 aliphatic heterocycles. The molecule has 0 radical (unpaired) electrons. The molecule has 2 atom stereocenters. The van der Waals surface area contributed by atoms with Crippen molar-refractivity contribution in [2.24, 2.45) is 17.6 Å². The Bertz CT molecular complexity index is 690. The van der Waals surface area contributed by atoms with Gasteiger partial charge in [0.05, 0.1) is 5.92 Å². The molecule has 0 unspecified atom stereocenters. The predicted octanol–water partition coefficient (Wildman–Crippen LogP) is 2.21. The van der Waals surface area contributed by atoms with Crippen LogP contribution in [-0.2, 0) is 17.9 Å². The fraction of sp³-hybridized carbons (Fsp3) is 0.368. The Kier molecular flexibility index (Phi) is 5.11. The molecule has 2 heterocycles. The van der Waals surface area contributed by atoms with Gasteiger partial charge in [-0.2, -0.15) is 0 Å². The van der Waals surface area contributed by atoms with Gasteiger partial charge in [-0.3, -0.25) is 14.7 Å². The number of hydrogen-bond acceptors (Lipinski definition) is 4. The Morgan fingerprint density at radius 1 is 1.29 bits per heavy atom. The molecule has 0 aliphatic carbocycles. The third kappa shape index (κ3) is 3.92. The van der Waals surface area contributed by atoms with Crippen LogP contribution in [0.25, 0.3) is 0 Å². The number of likely N-dealkylation sites (tertiary alicyclic amines) is 1. The number of pyridine rings is 1. The van der Waals surface area contributed by atoms with Crippen LogP contribution in [0.1, 0.15) is 18.1 Å². The molecular formula is C19H23N3O2. The van der Waals surface area contributed by atoms with E-state index in [1.165, 1.54) is 0 Å². The van der Waals surface area contributed by atoms with E-state index in [1.54, 1.807) is 6.20 Å². The molecule has 5 heteroatoms. The second-order valence-electron chi connectivity index (χ2n) is 6.44. The summed E-state index contributed by atoms with van der Waals surface area (Å²) in [6.07, 6.45) is 3.56. The van der Waals surface area contributed by atoms with Gasteiger partial charge in [0.25, 0.3) is 0 Å². The average molecular weight is 325 g/mol. The van der Waals surface area contributed by atoms with Gasteiger partial charge in [0, 0.05) is 43.2 Å². The van der Waals surface area contributed by atoms with E-state index in [-0.39, 0.29) is 11.8 Å². The van der Waals surface area contributed by atoms with Crippen molar-refractivity contribution in [3.8, 4) is 5.75 Å². The third-order valence-corrected chi connectivity index (χ3v) is 4.54. The van der Waals surface area contributed by atoms with Gasteiger partial charge in [0.1, 0.15) is 12.4 Å². The van der Waals surface area contributed by atoms with Gasteiger partial charge >= 0.3 is 0 Å². The number of primary amides is 1. The van der Waals surface area contributed by atoms with E-state index < -0.39 is 0 Å². The molecule has 5 nitrogen and oxygen atoms in total. The monoisotopic (exact) mass is 325 g/mol. The van der Waals surface area contributed by atoms with E-state index >= 15 is 0 Å². The van der Waals surface area contributed by atoms with E-state index in [1.807, 2.05) is 36.5 Å². The van der Waals surface area contributed by atoms with E-state index in [2.05, 4.69) is 22.9 Å². The van der Waals surface area contributed by atoms with Crippen molar-refractivity contribution in [2.75, 3.05) is 13.1 Å². The van der Waals surface area contributed by atoms with E-state index in [9.17, 15) is 4.79 Å². The molecule has 126 valence electrons. The van der Waals surface area contributed by atoms with Crippen LogP contribution in [-0.4, -0.2) is 28.9 Å². The Labute approximate surface area is 142 Å². The second-order valence-corrected chi connectivity index (χ2v) is 6.44. The van der Waals surface area contributed by atoms with Gasteiger partial charge in [-0.25, -0.2) is 0 Å². The van der Waals surface area contributed by atoms with Crippen LogP contribution in [0.4, 0.5) is 0 Å². The molecular weight excluding hydrogens is 302 g/mol. The first-order chi connectivity index (χ1) is 11.6. The lowest BCUT2D eigenvalue weighted by Crippen LogP contribution is -2.29. The van der Waals surface area contributed by atoms with Gasteiger partial charge < -0.3 is 10.5 Å².